The maximum absolute atomic E-state index is 5.42. The average Bonchev–Trinajstić information content (AvgIpc) is 2.37. The maximum Gasteiger partial charge on any atom is 0.211 e. The summed E-state index contributed by atoms with van der Waals surface area (Å²) in [7, 11) is 1.88. The van der Waals surface area contributed by atoms with Crippen molar-refractivity contribution >= 4 is 0 Å². The van der Waals surface area contributed by atoms with E-state index in [2.05, 4.69) is 12.0 Å². The highest BCUT2D eigenvalue weighted by Crippen LogP contribution is 2.06. The fourth-order valence-corrected chi connectivity index (χ4v) is 0.824. The van der Waals surface area contributed by atoms with Gasteiger partial charge in [-0.2, -0.15) is 5.10 Å². The van der Waals surface area contributed by atoms with Crippen LogP contribution in [0.15, 0.2) is 12.3 Å². The SMILES string of the molecule is CCCCOc1ccnn1C. The molecule has 0 aliphatic heterocycles. The highest BCUT2D eigenvalue weighted by atomic mass is 16.5. The zero-order valence-corrected chi connectivity index (χ0v) is 7.08. The van der Waals surface area contributed by atoms with Crippen LogP contribution in [0.2, 0.25) is 0 Å². The largest absolute Gasteiger partial charge is 0.478 e. The third-order valence-electron chi connectivity index (χ3n) is 1.52. The lowest BCUT2D eigenvalue weighted by Gasteiger charge is -2.03. The van der Waals surface area contributed by atoms with Gasteiger partial charge in [-0.15, -0.1) is 0 Å². The van der Waals surface area contributed by atoms with E-state index in [4.69, 9.17) is 4.74 Å². The molecule has 3 heteroatoms. The van der Waals surface area contributed by atoms with Gasteiger partial charge < -0.3 is 4.74 Å². The molecule has 62 valence electrons. The summed E-state index contributed by atoms with van der Waals surface area (Å²) in [5.41, 5.74) is 0. The van der Waals surface area contributed by atoms with Crippen LogP contribution >= 0.6 is 0 Å². The van der Waals surface area contributed by atoms with Gasteiger partial charge in [0.2, 0.25) is 5.88 Å². The monoisotopic (exact) mass is 154 g/mol. The lowest BCUT2D eigenvalue weighted by atomic mass is 10.4. The molecular weight excluding hydrogens is 140 g/mol. The topological polar surface area (TPSA) is 27.1 Å². The molecule has 0 fully saturated rings. The van der Waals surface area contributed by atoms with Crippen LogP contribution in [-0.2, 0) is 7.05 Å². The molecule has 0 saturated carbocycles. The summed E-state index contributed by atoms with van der Waals surface area (Å²) in [6.45, 7) is 2.93. The van der Waals surface area contributed by atoms with Crippen LogP contribution in [0, 0.1) is 0 Å². The number of aromatic nitrogens is 2. The van der Waals surface area contributed by atoms with Gasteiger partial charge in [0.05, 0.1) is 12.8 Å². The van der Waals surface area contributed by atoms with Crippen molar-refractivity contribution in [2.75, 3.05) is 6.61 Å². The van der Waals surface area contributed by atoms with E-state index in [1.165, 1.54) is 0 Å². The smallest absolute Gasteiger partial charge is 0.211 e. The maximum atomic E-state index is 5.42. The lowest BCUT2D eigenvalue weighted by Crippen LogP contribution is -2.01. The number of ether oxygens (including phenoxy) is 1. The predicted molar refractivity (Wildman–Crippen MR) is 43.6 cm³/mol. The second-order valence-corrected chi connectivity index (χ2v) is 2.50. The Morgan fingerprint density at radius 1 is 1.64 bits per heavy atom. The molecule has 0 atom stereocenters. The van der Waals surface area contributed by atoms with Crippen molar-refractivity contribution in [3.63, 3.8) is 0 Å². The standard InChI is InChI=1S/C8H14N2O/c1-3-4-7-11-8-5-6-9-10(8)2/h5-6H,3-4,7H2,1-2H3. The molecule has 0 unspecified atom stereocenters. The zero-order valence-electron chi connectivity index (χ0n) is 7.08. The molecule has 0 aliphatic rings. The highest BCUT2D eigenvalue weighted by Gasteiger charge is 1.96. The van der Waals surface area contributed by atoms with E-state index in [9.17, 15) is 0 Å². The van der Waals surface area contributed by atoms with Crippen LogP contribution in [-0.4, -0.2) is 16.4 Å². The average molecular weight is 154 g/mol. The molecule has 0 radical (unpaired) electrons. The van der Waals surface area contributed by atoms with Crippen LogP contribution in [0.1, 0.15) is 19.8 Å². The number of rotatable bonds is 4. The molecule has 0 aromatic carbocycles. The number of nitrogens with zero attached hydrogens (tertiary/aromatic N) is 2. The fourth-order valence-electron chi connectivity index (χ4n) is 0.824. The molecule has 0 saturated heterocycles. The molecule has 11 heavy (non-hydrogen) atoms. The van der Waals surface area contributed by atoms with Crippen molar-refractivity contribution in [3.05, 3.63) is 12.3 Å². The van der Waals surface area contributed by atoms with Gasteiger partial charge >= 0.3 is 0 Å². The molecule has 0 N–H and O–H groups in total. The van der Waals surface area contributed by atoms with E-state index >= 15 is 0 Å². The van der Waals surface area contributed by atoms with Crippen molar-refractivity contribution < 1.29 is 4.74 Å². The van der Waals surface area contributed by atoms with Gasteiger partial charge in [-0.05, 0) is 6.42 Å². The second kappa shape index (κ2) is 4.01. The summed E-state index contributed by atoms with van der Waals surface area (Å²) >= 11 is 0. The van der Waals surface area contributed by atoms with Gasteiger partial charge in [0, 0.05) is 13.1 Å². The van der Waals surface area contributed by atoms with E-state index in [-0.39, 0.29) is 0 Å². The van der Waals surface area contributed by atoms with Crippen LogP contribution in [0.4, 0.5) is 0 Å². The summed E-state index contributed by atoms with van der Waals surface area (Å²) in [4.78, 5) is 0. The minimum atomic E-state index is 0.788. The van der Waals surface area contributed by atoms with E-state index in [0.29, 0.717) is 0 Å². The lowest BCUT2D eigenvalue weighted by molar-refractivity contribution is 0.283. The highest BCUT2D eigenvalue weighted by molar-refractivity contribution is 5.06. The Kier molecular flexibility index (Phi) is 2.95. The van der Waals surface area contributed by atoms with Gasteiger partial charge in [-0.25, -0.2) is 4.68 Å². The number of hydrogen-bond acceptors (Lipinski definition) is 2. The van der Waals surface area contributed by atoms with Crippen LogP contribution in [0.5, 0.6) is 5.88 Å². The van der Waals surface area contributed by atoms with Gasteiger partial charge in [-0.1, -0.05) is 13.3 Å². The van der Waals surface area contributed by atoms with Gasteiger partial charge in [0.15, 0.2) is 0 Å². The molecule has 3 nitrogen and oxygen atoms in total. The molecular formula is C8H14N2O. The van der Waals surface area contributed by atoms with Gasteiger partial charge in [-0.3, -0.25) is 0 Å². The molecule has 0 bridgehead atoms. The molecule has 0 spiro atoms. The Labute approximate surface area is 67.0 Å². The molecule has 1 aromatic rings. The Bertz CT molecular complexity index is 208. The quantitative estimate of drug-likeness (QED) is 0.616. The predicted octanol–water partition coefficient (Wildman–Crippen LogP) is 1.60. The Balaban J connectivity index is 2.32. The normalized spacial score (nSPS) is 10.0. The van der Waals surface area contributed by atoms with E-state index in [1.807, 2.05) is 13.1 Å². The first-order valence-electron chi connectivity index (χ1n) is 3.95. The molecule has 1 heterocycles. The summed E-state index contributed by atoms with van der Waals surface area (Å²) in [5.74, 6) is 0.846. The molecule has 1 aromatic heterocycles. The molecule has 0 aliphatic carbocycles. The van der Waals surface area contributed by atoms with Crippen LogP contribution in [0.25, 0.3) is 0 Å². The third-order valence-corrected chi connectivity index (χ3v) is 1.52. The zero-order chi connectivity index (χ0) is 8.10. The summed E-state index contributed by atoms with van der Waals surface area (Å²) in [6.07, 6.45) is 4.00. The minimum absolute atomic E-state index is 0.788. The summed E-state index contributed by atoms with van der Waals surface area (Å²) in [5, 5.41) is 3.99. The van der Waals surface area contributed by atoms with Gasteiger partial charge in [0.25, 0.3) is 0 Å². The second-order valence-electron chi connectivity index (χ2n) is 2.50. The molecule has 0 amide bonds. The first kappa shape index (κ1) is 8.11. The number of aryl methyl sites for hydroxylation is 1. The van der Waals surface area contributed by atoms with Crippen molar-refractivity contribution in [1.29, 1.82) is 0 Å². The van der Waals surface area contributed by atoms with Crippen molar-refractivity contribution in [3.8, 4) is 5.88 Å². The number of hydrogen-bond donors (Lipinski definition) is 0. The molecule has 1 rings (SSSR count). The first-order chi connectivity index (χ1) is 5.34. The Hall–Kier alpha value is -0.990. The van der Waals surface area contributed by atoms with Crippen LogP contribution in [0.3, 0.4) is 0 Å². The fraction of sp³-hybridized carbons (Fsp3) is 0.625. The Morgan fingerprint density at radius 2 is 2.45 bits per heavy atom. The third kappa shape index (κ3) is 2.26. The van der Waals surface area contributed by atoms with Crippen molar-refractivity contribution in [1.82, 2.24) is 9.78 Å². The van der Waals surface area contributed by atoms with E-state index in [1.54, 1.807) is 10.9 Å². The van der Waals surface area contributed by atoms with Gasteiger partial charge in [0.1, 0.15) is 0 Å². The van der Waals surface area contributed by atoms with Crippen molar-refractivity contribution in [2.45, 2.75) is 19.8 Å². The number of unbranched alkanes of at least 4 members (excludes halogenated alkanes) is 1. The summed E-state index contributed by atoms with van der Waals surface area (Å²) in [6, 6.07) is 1.87. The van der Waals surface area contributed by atoms with Crippen LogP contribution < -0.4 is 4.74 Å². The summed E-state index contributed by atoms with van der Waals surface area (Å²) < 4.78 is 7.15. The van der Waals surface area contributed by atoms with Crippen molar-refractivity contribution in [2.24, 2.45) is 7.05 Å². The van der Waals surface area contributed by atoms with E-state index < -0.39 is 0 Å². The van der Waals surface area contributed by atoms with E-state index in [0.717, 1.165) is 25.3 Å². The Morgan fingerprint density at radius 3 is 3.00 bits per heavy atom. The minimum Gasteiger partial charge on any atom is -0.478 e. The first-order valence-corrected chi connectivity index (χ1v) is 3.95.